The summed E-state index contributed by atoms with van der Waals surface area (Å²) in [7, 11) is 0. The second kappa shape index (κ2) is 9.34. The molecule has 0 aliphatic carbocycles. The van der Waals surface area contributed by atoms with E-state index >= 15 is 0 Å². The summed E-state index contributed by atoms with van der Waals surface area (Å²) in [6.45, 7) is 12.4. The van der Waals surface area contributed by atoms with E-state index in [9.17, 15) is 4.79 Å². The highest BCUT2D eigenvalue weighted by Crippen LogP contribution is 2.25. The van der Waals surface area contributed by atoms with E-state index < -0.39 is 6.10 Å². The Labute approximate surface area is 175 Å². The first kappa shape index (κ1) is 21.2. The van der Waals surface area contributed by atoms with Crippen molar-refractivity contribution in [3.8, 4) is 5.75 Å². The summed E-state index contributed by atoms with van der Waals surface area (Å²) < 4.78 is 5.89. The highest BCUT2D eigenvalue weighted by molar-refractivity contribution is 5.81. The van der Waals surface area contributed by atoms with Crippen LogP contribution in [0, 0.1) is 19.8 Å². The van der Waals surface area contributed by atoms with Gasteiger partial charge in [0.05, 0.1) is 6.04 Å². The van der Waals surface area contributed by atoms with Gasteiger partial charge in [0.1, 0.15) is 5.75 Å². The molecule has 2 aromatic carbocycles. The van der Waals surface area contributed by atoms with Crippen molar-refractivity contribution < 1.29 is 9.53 Å². The van der Waals surface area contributed by atoms with Crippen molar-refractivity contribution in [2.45, 2.75) is 59.6 Å². The van der Waals surface area contributed by atoms with Crippen LogP contribution in [0.3, 0.4) is 0 Å². The zero-order chi connectivity index (χ0) is 21.0. The molecule has 1 saturated heterocycles. The standard InChI is InChI=1S/C25H34N2O2/c1-17-8-13-24(19(3)15-17)29-21(5)25(28)26-20(4)22-9-11-23(12-10-22)27-14-6-7-18(2)16-27/h8-13,15,18,20-21H,6-7,14,16H2,1-5H3,(H,26,28)/t18-,20+,21-/m1/s1. The smallest absolute Gasteiger partial charge is 0.261 e. The Balaban J connectivity index is 1.57. The number of carbonyl (C=O) groups is 1. The summed E-state index contributed by atoms with van der Waals surface area (Å²) in [5, 5.41) is 3.08. The van der Waals surface area contributed by atoms with Gasteiger partial charge in [-0.2, -0.15) is 0 Å². The Morgan fingerprint density at radius 2 is 1.86 bits per heavy atom. The minimum atomic E-state index is -0.548. The predicted octanol–water partition coefficient (Wildman–Crippen LogP) is 5.18. The minimum Gasteiger partial charge on any atom is -0.481 e. The van der Waals surface area contributed by atoms with Crippen molar-refractivity contribution in [2.24, 2.45) is 5.92 Å². The third-order valence-corrected chi connectivity index (χ3v) is 5.78. The fraction of sp³-hybridized carbons (Fsp3) is 0.480. The van der Waals surface area contributed by atoms with Gasteiger partial charge in [0.2, 0.25) is 0 Å². The first-order valence-corrected chi connectivity index (χ1v) is 10.7. The molecule has 1 fully saturated rings. The third-order valence-electron chi connectivity index (χ3n) is 5.78. The molecule has 0 aromatic heterocycles. The van der Waals surface area contributed by atoms with Crippen LogP contribution in [0.15, 0.2) is 42.5 Å². The lowest BCUT2D eigenvalue weighted by Gasteiger charge is -2.33. The average molecular weight is 395 g/mol. The summed E-state index contributed by atoms with van der Waals surface area (Å²) in [5.74, 6) is 1.40. The van der Waals surface area contributed by atoms with Crippen LogP contribution >= 0.6 is 0 Å². The van der Waals surface area contributed by atoms with E-state index in [0.29, 0.717) is 0 Å². The maximum Gasteiger partial charge on any atom is 0.261 e. The Morgan fingerprint density at radius 1 is 1.14 bits per heavy atom. The van der Waals surface area contributed by atoms with Crippen molar-refractivity contribution >= 4 is 11.6 Å². The number of nitrogens with one attached hydrogen (secondary N) is 1. The lowest BCUT2D eigenvalue weighted by Crippen LogP contribution is -2.38. The molecule has 1 aliphatic heterocycles. The number of benzene rings is 2. The molecule has 1 amide bonds. The molecule has 0 bridgehead atoms. The van der Waals surface area contributed by atoms with Gasteiger partial charge >= 0.3 is 0 Å². The van der Waals surface area contributed by atoms with Gasteiger partial charge in [-0.1, -0.05) is 36.8 Å². The fourth-order valence-corrected chi connectivity index (χ4v) is 3.99. The van der Waals surface area contributed by atoms with Crippen LogP contribution in [-0.2, 0) is 4.79 Å². The Bertz CT molecular complexity index is 831. The number of hydrogen-bond acceptors (Lipinski definition) is 3. The average Bonchev–Trinajstić information content (AvgIpc) is 2.70. The van der Waals surface area contributed by atoms with Crippen molar-refractivity contribution in [3.05, 3.63) is 59.2 Å². The number of aryl methyl sites for hydroxylation is 2. The lowest BCUT2D eigenvalue weighted by atomic mass is 9.99. The SMILES string of the molecule is Cc1ccc(O[C@H](C)C(=O)N[C@@H](C)c2ccc(N3CCC[C@@H](C)C3)cc2)c(C)c1. The maximum atomic E-state index is 12.6. The first-order chi connectivity index (χ1) is 13.8. The summed E-state index contributed by atoms with van der Waals surface area (Å²) in [4.78, 5) is 15.1. The van der Waals surface area contributed by atoms with Crippen LogP contribution in [0.1, 0.15) is 56.3 Å². The van der Waals surface area contributed by atoms with E-state index in [1.165, 1.54) is 24.1 Å². The highest BCUT2D eigenvalue weighted by atomic mass is 16.5. The Morgan fingerprint density at radius 3 is 2.52 bits per heavy atom. The fourth-order valence-electron chi connectivity index (χ4n) is 3.99. The second-order valence-corrected chi connectivity index (χ2v) is 8.54. The maximum absolute atomic E-state index is 12.6. The van der Waals surface area contributed by atoms with Gasteiger partial charge in [0, 0.05) is 18.8 Å². The largest absolute Gasteiger partial charge is 0.481 e. The van der Waals surface area contributed by atoms with Gasteiger partial charge < -0.3 is 15.0 Å². The van der Waals surface area contributed by atoms with Crippen LogP contribution in [0.5, 0.6) is 5.75 Å². The molecule has 3 rings (SSSR count). The van der Waals surface area contributed by atoms with Crippen molar-refractivity contribution in [1.29, 1.82) is 0 Å². The minimum absolute atomic E-state index is 0.0676. The second-order valence-electron chi connectivity index (χ2n) is 8.54. The molecule has 1 N–H and O–H groups in total. The molecule has 0 radical (unpaired) electrons. The van der Waals surface area contributed by atoms with Crippen LogP contribution < -0.4 is 15.0 Å². The number of anilines is 1. The number of carbonyl (C=O) groups excluding carboxylic acids is 1. The summed E-state index contributed by atoms with van der Waals surface area (Å²) in [6, 6.07) is 14.5. The Kier molecular flexibility index (Phi) is 6.83. The van der Waals surface area contributed by atoms with Crippen LogP contribution in [0.25, 0.3) is 0 Å². The Hall–Kier alpha value is -2.49. The number of hydrogen-bond donors (Lipinski definition) is 1. The number of nitrogens with zero attached hydrogens (tertiary/aromatic N) is 1. The van der Waals surface area contributed by atoms with E-state index in [1.54, 1.807) is 6.92 Å². The van der Waals surface area contributed by atoms with E-state index in [-0.39, 0.29) is 11.9 Å². The van der Waals surface area contributed by atoms with E-state index in [2.05, 4.69) is 47.5 Å². The number of amides is 1. The highest BCUT2D eigenvalue weighted by Gasteiger charge is 2.20. The van der Waals surface area contributed by atoms with Gasteiger partial charge in [-0.15, -0.1) is 0 Å². The number of piperidine rings is 1. The molecule has 2 aromatic rings. The van der Waals surface area contributed by atoms with Gasteiger partial charge in [-0.05, 0) is 75.8 Å². The molecule has 0 saturated carbocycles. The van der Waals surface area contributed by atoms with Crippen LogP contribution in [0.4, 0.5) is 5.69 Å². The molecule has 29 heavy (non-hydrogen) atoms. The van der Waals surface area contributed by atoms with Gasteiger partial charge in [-0.3, -0.25) is 4.79 Å². The molecular formula is C25H34N2O2. The molecule has 3 atom stereocenters. The van der Waals surface area contributed by atoms with Crippen LogP contribution in [0.2, 0.25) is 0 Å². The molecule has 0 spiro atoms. The molecule has 1 heterocycles. The van der Waals surface area contributed by atoms with Crippen molar-refractivity contribution in [1.82, 2.24) is 5.32 Å². The van der Waals surface area contributed by atoms with E-state index in [4.69, 9.17) is 4.74 Å². The number of rotatable bonds is 6. The summed E-state index contributed by atoms with van der Waals surface area (Å²) >= 11 is 0. The molecule has 4 heteroatoms. The van der Waals surface area contributed by atoms with Gasteiger partial charge in [0.15, 0.2) is 6.10 Å². The predicted molar refractivity (Wildman–Crippen MR) is 120 cm³/mol. The number of ether oxygens (including phenoxy) is 1. The first-order valence-electron chi connectivity index (χ1n) is 10.7. The third kappa shape index (κ3) is 5.53. The van der Waals surface area contributed by atoms with Gasteiger partial charge in [0.25, 0.3) is 5.91 Å². The van der Waals surface area contributed by atoms with Crippen LogP contribution in [-0.4, -0.2) is 25.1 Å². The normalized spacial score (nSPS) is 18.8. The van der Waals surface area contributed by atoms with E-state index in [0.717, 1.165) is 35.9 Å². The summed E-state index contributed by atoms with van der Waals surface area (Å²) in [5.41, 5.74) is 4.60. The monoisotopic (exact) mass is 394 g/mol. The zero-order valence-corrected chi connectivity index (χ0v) is 18.4. The molecular weight excluding hydrogens is 360 g/mol. The molecule has 4 nitrogen and oxygen atoms in total. The van der Waals surface area contributed by atoms with E-state index in [1.807, 2.05) is 32.9 Å². The zero-order valence-electron chi connectivity index (χ0n) is 18.4. The molecule has 1 aliphatic rings. The lowest BCUT2D eigenvalue weighted by molar-refractivity contribution is -0.127. The topological polar surface area (TPSA) is 41.6 Å². The molecule has 0 unspecified atom stereocenters. The molecule has 156 valence electrons. The van der Waals surface area contributed by atoms with Crippen molar-refractivity contribution in [3.63, 3.8) is 0 Å². The quantitative estimate of drug-likeness (QED) is 0.733. The summed E-state index contributed by atoms with van der Waals surface area (Å²) in [6.07, 6.45) is 2.03. The van der Waals surface area contributed by atoms with Gasteiger partial charge in [-0.25, -0.2) is 0 Å². The van der Waals surface area contributed by atoms with Crippen molar-refractivity contribution in [2.75, 3.05) is 18.0 Å².